The molecule has 16 heavy (non-hydrogen) atoms. The van der Waals surface area contributed by atoms with Gasteiger partial charge in [0, 0.05) is 13.1 Å². The van der Waals surface area contributed by atoms with Gasteiger partial charge in [-0.25, -0.2) is 0 Å². The lowest BCUT2D eigenvalue weighted by Gasteiger charge is -2.21. The highest BCUT2D eigenvalue weighted by atomic mass is 19.1. The van der Waals surface area contributed by atoms with E-state index in [4.69, 9.17) is 0 Å². The van der Waals surface area contributed by atoms with Gasteiger partial charge in [0.2, 0.25) is 5.82 Å². The zero-order chi connectivity index (χ0) is 12.1. The highest BCUT2D eigenvalue weighted by Crippen LogP contribution is 2.30. The molecule has 0 aliphatic rings. The molecular weight excluding hydrogens is 211 g/mol. The molecular formula is C11H15FN2O2. The lowest BCUT2D eigenvalue weighted by atomic mass is 10.2. The predicted molar refractivity (Wildman–Crippen MR) is 61.2 cm³/mol. The van der Waals surface area contributed by atoms with E-state index in [1.54, 1.807) is 11.0 Å². The van der Waals surface area contributed by atoms with Gasteiger partial charge in [0.15, 0.2) is 0 Å². The normalized spacial score (nSPS) is 10.2. The topological polar surface area (TPSA) is 46.4 Å². The van der Waals surface area contributed by atoms with Crippen LogP contribution < -0.4 is 4.90 Å². The molecule has 0 aliphatic carbocycles. The van der Waals surface area contributed by atoms with Crippen LogP contribution in [-0.2, 0) is 0 Å². The van der Waals surface area contributed by atoms with Crippen LogP contribution in [0.1, 0.15) is 20.3 Å². The van der Waals surface area contributed by atoms with Gasteiger partial charge in [-0.3, -0.25) is 10.1 Å². The standard InChI is InChI=1S/C11H15FN2O2/c1-3-8-13(4-2)10-7-5-6-9(12)11(10)14(15)16/h5-7H,3-4,8H2,1-2H3. The summed E-state index contributed by atoms with van der Waals surface area (Å²) in [6.07, 6.45) is 0.863. The van der Waals surface area contributed by atoms with Gasteiger partial charge in [0.05, 0.1) is 4.92 Å². The fourth-order valence-electron chi connectivity index (χ4n) is 1.66. The summed E-state index contributed by atoms with van der Waals surface area (Å²) >= 11 is 0. The number of benzene rings is 1. The first-order valence-electron chi connectivity index (χ1n) is 5.29. The summed E-state index contributed by atoms with van der Waals surface area (Å²) in [5.41, 5.74) is -0.0767. The van der Waals surface area contributed by atoms with Crippen molar-refractivity contribution in [3.05, 3.63) is 34.1 Å². The number of halogens is 1. The SMILES string of the molecule is CCCN(CC)c1cccc(F)c1[N+](=O)[O-]. The minimum atomic E-state index is -0.781. The molecule has 0 saturated carbocycles. The molecule has 0 atom stereocenters. The second-order valence-electron chi connectivity index (χ2n) is 3.44. The molecule has 0 heterocycles. The third-order valence-corrected chi connectivity index (χ3v) is 2.36. The first-order chi connectivity index (χ1) is 7.61. The fourth-order valence-corrected chi connectivity index (χ4v) is 1.66. The Morgan fingerprint density at radius 2 is 2.12 bits per heavy atom. The van der Waals surface area contributed by atoms with Crippen molar-refractivity contribution >= 4 is 11.4 Å². The van der Waals surface area contributed by atoms with E-state index in [-0.39, 0.29) is 0 Å². The van der Waals surface area contributed by atoms with Crippen LogP contribution in [0.5, 0.6) is 0 Å². The van der Waals surface area contributed by atoms with Crippen molar-refractivity contribution < 1.29 is 9.31 Å². The first-order valence-corrected chi connectivity index (χ1v) is 5.29. The van der Waals surface area contributed by atoms with Crippen molar-refractivity contribution in [1.82, 2.24) is 0 Å². The van der Waals surface area contributed by atoms with E-state index >= 15 is 0 Å². The number of nitro benzene ring substituents is 1. The van der Waals surface area contributed by atoms with Crippen molar-refractivity contribution in [2.24, 2.45) is 0 Å². The third kappa shape index (κ3) is 2.48. The van der Waals surface area contributed by atoms with Crippen LogP contribution in [-0.4, -0.2) is 18.0 Å². The molecule has 1 aromatic rings. The Morgan fingerprint density at radius 1 is 1.44 bits per heavy atom. The molecule has 0 aromatic heterocycles. The number of para-hydroxylation sites is 1. The fraction of sp³-hybridized carbons (Fsp3) is 0.455. The first kappa shape index (κ1) is 12.4. The summed E-state index contributed by atoms with van der Waals surface area (Å²) < 4.78 is 13.4. The van der Waals surface area contributed by atoms with Gasteiger partial charge < -0.3 is 4.90 Å². The van der Waals surface area contributed by atoms with Gasteiger partial charge in [-0.15, -0.1) is 0 Å². The maximum Gasteiger partial charge on any atom is 0.327 e. The Bertz CT molecular complexity index is 382. The molecule has 0 spiro atoms. The zero-order valence-electron chi connectivity index (χ0n) is 9.44. The minimum absolute atomic E-state index is 0.356. The van der Waals surface area contributed by atoms with Crippen molar-refractivity contribution in [3.63, 3.8) is 0 Å². The Hall–Kier alpha value is -1.65. The van der Waals surface area contributed by atoms with Crippen LogP contribution >= 0.6 is 0 Å². The molecule has 1 aromatic carbocycles. The summed E-state index contributed by atoms with van der Waals surface area (Å²) in [4.78, 5) is 11.9. The lowest BCUT2D eigenvalue weighted by Crippen LogP contribution is -2.24. The number of nitro groups is 1. The molecule has 0 fully saturated rings. The molecule has 0 unspecified atom stereocenters. The number of hydrogen-bond acceptors (Lipinski definition) is 3. The Balaban J connectivity index is 3.20. The highest BCUT2D eigenvalue weighted by Gasteiger charge is 2.22. The maximum absolute atomic E-state index is 13.4. The van der Waals surface area contributed by atoms with Crippen LogP contribution in [0.25, 0.3) is 0 Å². The Labute approximate surface area is 93.8 Å². The molecule has 0 radical (unpaired) electrons. The van der Waals surface area contributed by atoms with Crippen molar-refractivity contribution in [2.45, 2.75) is 20.3 Å². The highest BCUT2D eigenvalue weighted by molar-refractivity contribution is 5.63. The van der Waals surface area contributed by atoms with E-state index < -0.39 is 16.4 Å². The molecule has 1 rings (SSSR count). The maximum atomic E-state index is 13.4. The largest absolute Gasteiger partial charge is 0.366 e. The van der Waals surface area contributed by atoms with Gasteiger partial charge in [-0.1, -0.05) is 13.0 Å². The monoisotopic (exact) mass is 226 g/mol. The predicted octanol–water partition coefficient (Wildman–Crippen LogP) is 2.97. The molecule has 0 N–H and O–H groups in total. The van der Waals surface area contributed by atoms with Gasteiger partial charge in [0.25, 0.3) is 0 Å². The summed E-state index contributed by atoms with van der Waals surface area (Å²) in [5.74, 6) is -0.781. The summed E-state index contributed by atoms with van der Waals surface area (Å²) in [6, 6.07) is 4.19. The van der Waals surface area contributed by atoms with E-state index in [0.717, 1.165) is 12.5 Å². The van der Waals surface area contributed by atoms with Gasteiger partial charge in [0.1, 0.15) is 5.69 Å². The molecule has 0 bridgehead atoms. The second kappa shape index (κ2) is 5.44. The number of anilines is 1. The van der Waals surface area contributed by atoms with Crippen LogP contribution in [0.3, 0.4) is 0 Å². The zero-order valence-corrected chi connectivity index (χ0v) is 9.44. The van der Waals surface area contributed by atoms with Crippen molar-refractivity contribution in [2.75, 3.05) is 18.0 Å². The van der Waals surface area contributed by atoms with Crippen molar-refractivity contribution in [1.29, 1.82) is 0 Å². The van der Waals surface area contributed by atoms with Crippen LogP contribution in [0.4, 0.5) is 15.8 Å². The second-order valence-corrected chi connectivity index (χ2v) is 3.44. The molecule has 0 aliphatic heterocycles. The average molecular weight is 226 g/mol. The Kier molecular flexibility index (Phi) is 4.22. The lowest BCUT2D eigenvalue weighted by molar-refractivity contribution is -0.386. The van der Waals surface area contributed by atoms with E-state index in [9.17, 15) is 14.5 Å². The molecule has 0 saturated heterocycles. The summed E-state index contributed by atoms with van der Waals surface area (Å²) in [5, 5.41) is 10.8. The average Bonchev–Trinajstić information content (AvgIpc) is 2.25. The molecule has 4 nitrogen and oxygen atoms in total. The minimum Gasteiger partial charge on any atom is -0.366 e. The molecule has 0 amide bonds. The quantitative estimate of drug-likeness (QED) is 0.572. The van der Waals surface area contributed by atoms with E-state index in [0.29, 0.717) is 18.8 Å². The third-order valence-electron chi connectivity index (χ3n) is 2.36. The van der Waals surface area contributed by atoms with Gasteiger partial charge in [-0.2, -0.15) is 4.39 Å². The smallest absolute Gasteiger partial charge is 0.327 e. The van der Waals surface area contributed by atoms with Crippen molar-refractivity contribution in [3.8, 4) is 0 Å². The van der Waals surface area contributed by atoms with E-state index in [1.807, 2.05) is 13.8 Å². The van der Waals surface area contributed by atoms with Gasteiger partial charge in [-0.05, 0) is 25.5 Å². The van der Waals surface area contributed by atoms with E-state index in [2.05, 4.69) is 0 Å². The molecule has 5 heteroatoms. The Morgan fingerprint density at radius 3 is 2.62 bits per heavy atom. The van der Waals surface area contributed by atoms with Crippen LogP contribution in [0.15, 0.2) is 18.2 Å². The number of rotatable bonds is 5. The number of hydrogen-bond donors (Lipinski definition) is 0. The van der Waals surface area contributed by atoms with Gasteiger partial charge >= 0.3 is 5.69 Å². The summed E-state index contributed by atoms with van der Waals surface area (Å²) in [6.45, 7) is 5.18. The number of nitrogens with zero attached hydrogens (tertiary/aromatic N) is 2. The van der Waals surface area contributed by atoms with E-state index in [1.165, 1.54) is 6.07 Å². The molecule has 88 valence electrons. The van der Waals surface area contributed by atoms with Crippen LogP contribution in [0.2, 0.25) is 0 Å². The van der Waals surface area contributed by atoms with Crippen LogP contribution in [0, 0.1) is 15.9 Å². The summed E-state index contributed by atoms with van der Waals surface area (Å²) in [7, 11) is 0.